The minimum atomic E-state index is -0.776. The Hall–Kier alpha value is -3.02. The summed E-state index contributed by atoms with van der Waals surface area (Å²) in [4.78, 5) is 24.3. The number of methoxy groups -OCH3 is 1. The van der Waals surface area contributed by atoms with Gasteiger partial charge in [-0.2, -0.15) is 0 Å². The molecule has 0 heterocycles. The molecule has 0 fully saturated rings. The Kier molecular flexibility index (Phi) is 6.39. The zero-order valence-corrected chi connectivity index (χ0v) is 14.5. The zero-order valence-electron chi connectivity index (χ0n) is 14.5. The molecule has 132 valence electrons. The summed E-state index contributed by atoms with van der Waals surface area (Å²) >= 11 is 0. The van der Waals surface area contributed by atoms with E-state index in [0.717, 1.165) is 5.56 Å². The van der Waals surface area contributed by atoms with Crippen LogP contribution in [0, 0.1) is 6.92 Å². The molecule has 6 heteroatoms. The predicted molar refractivity (Wildman–Crippen MR) is 94.6 cm³/mol. The van der Waals surface area contributed by atoms with Crippen molar-refractivity contribution in [3.8, 4) is 11.5 Å². The molecular weight excluding hydrogens is 320 g/mol. The van der Waals surface area contributed by atoms with Crippen molar-refractivity contribution in [2.45, 2.75) is 13.0 Å². The van der Waals surface area contributed by atoms with E-state index in [0.29, 0.717) is 17.1 Å². The lowest BCUT2D eigenvalue weighted by Crippen LogP contribution is -2.41. The summed E-state index contributed by atoms with van der Waals surface area (Å²) in [7, 11) is 3.07. The first-order valence-corrected chi connectivity index (χ1v) is 7.88. The number of amides is 2. The first kappa shape index (κ1) is 18.3. The lowest BCUT2D eigenvalue weighted by molar-refractivity contribution is -0.129. The summed E-state index contributed by atoms with van der Waals surface area (Å²) in [5, 5.41) is 5.24. The fourth-order valence-corrected chi connectivity index (χ4v) is 2.33. The third kappa shape index (κ3) is 4.97. The second-order valence-corrected chi connectivity index (χ2v) is 5.47. The van der Waals surface area contributed by atoms with E-state index in [1.165, 1.54) is 7.05 Å². The number of hydrogen-bond donors (Lipinski definition) is 2. The highest BCUT2D eigenvalue weighted by molar-refractivity contribution is 5.89. The SMILES string of the molecule is CNC(=O)[C@H](NC(=O)COc1ccc(C)cc1OC)c1ccccc1. The van der Waals surface area contributed by atoms with Crippen LogP contribution < -0.4 is 20.1 Å². The molecule has 2 rings (SSSR count). The van der Waals surface area contributed by atoms with E-state index in [4.69, 9.17) is 9.47 Å². The maximum Gasteiger partial charge on any atom is 0.258 e. The van der Waals surface area contributed by atoms with Gasteiger partial charge in [0.05, 0.1) is 7.11 Å². The lowest BCUT2D eigenvalue weighted by Gasteiger charge is -2.18. The lowest BCUT2D eigenvalue weighted by atomic mass is 10.1. The minimum Gasteiger partial charge on any atom is -0.493 e. The summed E-state index contributed by atoms with van der Waals surface area (Å²) in [6.45, 7) is 1.71. The monoisotopic (exact) mass is 342 g/mol. The van der Waals surface area contributed by atoms with E-state index in [1.54, 1.807) is 25.3 Å². The molecule has 0 radical (unpaired) electrons. The normalized spacial score (nSPS) is 11.3. The van der Waals surface area contributed by atoms with Gasteiger partial charge in [0.15, 0.2) is 18.1 Å². The molecular formula is C19H22N2O4. The number of benzene rings is 2. The fraction of sp³-hybridized carbons (Fsp3) is 0.263. The van der Waals surface area contributed by atoms with Gasteiger partial charge in [0, 0.05) is 7.05 Å². The highest BCUT2D eigenvalue weighted by Gasteiger charge is 2.21. The number of carbonyl (C=O) groups is 2. The van der Waals surface area contributed by atoms with Gasteiger partial charge in [-0.15, -0.1) is 0 Å². The van der Waals surface area contributed by atoms with Crippen molar-refractivity contribution < 1.29 is 19.1 Å². The van der Waals surface area contributed by atoms with Crippen molar-refractivity contribution in [3.63, 3.8) is 0 Å². The standard InChI is InChI=1S/C19H22N2O4/c1-13-9-10-15(16(11-13)24-3)25-12-17(22)21-18(19(23)20-2)14-7-5-4-6-8-14/h4-11,18H,12H2,1-3H3,(H,20,23)(H,21,22)/t18-/m1/s1. The first-order valence-electron chi connectivity index (χ1n) is 7.88. The molecule has 6 nitrogen and oxygen atoms in total. The number of aryl methyl sites for hydroxylation is 1. The molecule has 0 aromatic heterocycles. The summed E-state index contributed by atoms with van der Waals surface area (Å²) < 4.78 is 10.8. The summed E-state index contributed by atoms with van der Waals surface area (Å²) in [6, 6.07) is 13.7. The van der Waals surface area contributed by atoms with Crippen molar-refractivity contribution in [3.05, 3.63) is 59.7 Å². The Morgan fingerprint density at radius 1 is 1.08 bits per heavy atom. The van der Waals surface area contributed by atoms with Crippen molar-refractivity contribution in [2.75, 3.05) is 20.8 Å². The van der Waals surface area contributed by atoms with Gasteiger partial charge in [0.1, 0.15) is 6.04 Å². The second-order valence-electron chi connectivity index (χ2n) is 5.47. The smallest absolute Gasteiger partial charge is 0.258 e. The van der Waals surface area contributed by atoms with E-state index in [-0.39, 0.29) is 12.5 Å². The van der Waals surface area contributed by atoms with Crippen LogP contribution >= 0.6 is 0 Å². The van der Waals surface area contributed by atoms with Crippen LogP contribution in [-0.4, -0.2) is 32.6 Å². The van der Waals surface area contributed by atoms with Crippen molar-refractivity contribution in [1.82, 2.24) is 10.6 Å². The van der Waals surface area contributed by atoms with E-state index in [2.05, 4.69) is 10.6 Å². The number of hydrogen-bond acceptors (Lipinski definition) is 4. The van der Waals surface area contributed by atoms with E-state index < -0.39 is 11.9 Å². The van der Waals surface area contributed by atoms with Crippen LogP contribution in [0.5, 0.6) is 11.5 Å². The van der Waals surface area contributed by atoms with Gasteiger partial charge in [-0.05, 0) is 30.2 Å². The molecule has 0 spiro atoms. The van der Waals surface area contributed by atoms with Crippen LogP contribution in [0.1, 0.15) is 17.2 Å². The van der Waals surface area contributed by atoms with Gasteiger partial charge < -0.3 is 20.1 Å². The predicted octanol–water partition coefficient (Wildman–Crippen LogP) is 1.99. The van der Waals surface area contributed by atoms with Crippen LogP contribution in [0.4, 0.5) is 0 Å². The van der Waals surface area contributed by atoms with Crippen LogP contribution in [0.3, 0.4) is 0 Å². The maximum absolute atomic E-state index is 12.2. The summed E-state index contributed by atoms with van der Waals surface area (Å²) in [5.41, 5.74) is 1.72. The molecule has 0 unspecified atom stereocenters. The highest BCUT2D eigenvalue weighted by Crippen LogP contribution is 2.27. The van der Waals surface area contributed by atoms with Gasteiger partial charge in [-0.1, -0.05) is 36.4 Å². The Morgan fingerprint density at radius 3 is 2.44 bits per heavy atom. The van der Waals surface area contributed by atoms with Gasteiger partial charge in [0.2, 0.25) is 5.91 Å². The Bertz CT molecular complexity index is 731. The summed E-state index contributed by atoms with van der Waals surface area (Å²) in [6.07, 6.45) is 0. The van der Waals surface area contributed by atoms with E-state index in [1.807, 2.05) is 37.3 Å². The Labute approximate surface area is 147 Å². The van der Waals surface area contributed by atoms with Crippen LogP contribution in [0.2, 0.25) is 0 Å². The van der Waals surface area contributed by atoms with E-state index >= 15 is 0 Å². The average molecular weight is 342 g/mol. The largest absolute Gasteiger partial charge is 0.493 e. The summed E-state index contributed by atoms with van der Waals surface area (Å²) in [5.74, 6) is 0.325. The van der Waals surface area contributed by atoms with Crippen molar-refractivity contribution >= 4 is 11.8 Å². The third-order valence-electron chi connectivity index (χ3n) is 3.62. The van der Waals surface area contributed by atoms with Crippen LogP contribution in [0.25, 0.3) is 0 Å². The molecule has 0 saturated heterocycles. The number of rotatable bonds is 7. The van der Waals surface area contributed by atoms with Crippen LogP contribution in [0.15, 0.2) is 48.5 Å². The molecule has 0 saturated carbocycles. The topological polar surface area (TPSA) is 76.7 Å². The van der Waals surface area contributed by atoms with E-state index in [9.17, 15) is 9.59 Å². The number of nitrogens with one attached hydrogen (secondary N) is 2. The van der Waals surface area contributed by atoms with Crippen molar-refractivity contribution in [2.24, 2.45) is 0 Å². The van der Waals surface area contributed by atoms with Crippen molar-refractivity contribution in [1.29, 1.82) is 0 Å². The molecule has 0 aliphatic heterocycles. The Morgan fingerprint density at radius 2 is 1.80 bits per heavy atom. The zero-order chi connectivity index (χ0) is 18.2. The third-order valence-corrected chi connectivity index (χ3v) is 3.62. The van der Waals surface area contributed by atoms with Gasteiger partial charge in [-0.25, -0.2) is 0 Å². The number of likely N-dealkylation sites (N-methyl/N-ethyl adjacent to an activating group) is 1. The van der Waals surface area contributed by atoms with Gasteiger partial charge in [-0.3, -0.25) is 9.59 Å². The van der Waals surface area contributed by atoms with Gasteiger partial charge >= 0.3 is 0 Å². The molecule has 2 amide bonds. The highest BCUT2D eigenvalue weighted by atomic mass is 16.5. The number of carbonyl (C=O) groups excluding carboxylic acids is 2. The molecule has 25 heavy (non-hydrogen) atoms. The average Bonchev–Trinajstić information content (AvgIpc) is 2.65. The molecule has 0 aliphatic carbocycles. The fourth-order valence-electron chi connectivity index (χ4n) is 2.33. The first-order chi connectivity index (χ1) is 12.0. The molecule has 2 aromatic rings. The molecule has 2 aromatic carbocycles. The number of ether oxygens (including phenoxy) is 2. The molecule has 0 aliphatic rings. The van der Waals surface area contributed by atoms with Crippen LogP contribution in [-0.2, 0) is 9.59 Å². The molecule has 1 atom stereocenters. The van der Waals surface area contributed by atoms with Gasteiger partial charge in [0.25, 0.3) is 5.91 Å². The molecule has 2 N–H and O–H groups in total. The minimum absolute atomic E-state index is 0.222. The quantitative estimate of drug-likeness (QED) is 0.807. The maximum atomic E-state index is 12.2. The Balaban J connectivity index is 2.03. The molecule has 0 bridgehead atoms. The second kappa shape index (κ2) is 8.73.